The second-order valence-electron chi connectivity index (χ2n) is 5.29. The minimum atomic E-state index is -0.965. The highest BCUT2D eigenvalue weighted by molar-refractivity contribution is 6.30. The number of nitrogens with zero attached hydrogens (tertiary/aromatic N) is 2. The third-order valence-electron chi connectivity index (χ3n) is 3.50. The molecular formula is C16H15ClN2O3. The number of benzene rings is 1. The number of aromatic nitrogens is 1. The molecule has 1 N–H and O–H groups in total. The molecule has 1 aromatic carbocycles. The van der Waals surface area contributed by atoms with Crippen molar-refractivity contribution in [2.45, 2.75) is 13.0 Å². The van der Waals surface area contributed by atoms with Crippen molar-refractivity contribution in [3.8, 4) is 5.75 Å². The zero-order valence-electron chi connectivity index (χ0n) is 12.0. The molecule has 2 heterocycles. The summed E-state index contributed by atoms with van der Waals surface area (Å²) < 4.78 is 5.81. The quantitative estimate of drug-likeness (QED) is 0.939. The topological polar surface area (TPSA) is 62.7 Å². The summed E-state index contributed by atoms with van der Waals surface area (Å²) in [5, 5.41) is 9.94. The summed E-state index contributed by atoms with van der Waals surface area (Å²) in [6, 6.07) is 8.82. The van der Waals surface area contributed by atoms with Crippen LogP contribution in [0.3, 0.4) is 0 Å². The standard InChI is InChI=1S/C16H15ClN2O3/c1-10-6-14(16(20)21)15(18-7-10)19-8-13(9-19)22-12-4-2-11(17)3-5-12/h2-7,13H,8-9H2,1H3,(H,20,21). The van der Waals surface area contributed by atoms with Crippen molar-refractivity contribution in [3.05, 3.63) is 52.7 Å². The molecular weight excluding hydrogens is 304 g/mol. The van der Waals surface area contributed by atoms with Gasteiger partial charge in [-0.25, -0.2) is 9.78 Å². The van der Waals surface area contributed by atoms with Crippen molar-refractivity contribution in [2.24, 2.45) is 0 Å². The Labute approximate surface area is 133 Å². The van der Waals surface area contributed by atoms with Crippen molar-refractivity contribution in [2.75, 3.05) is 18.0 Å². The molecule has 0 radical (unpaired) electrons. The van der Waals surface area contributed by atoms with Crippen molar-refractivity contribution in [1.29, 1.82) is 0 Å². The van der Waals surface area contributed by atoms with Crippen LogP contribution < -0.4 is 9.64 Å². The van der Waals surface area contributed by atoms with Gasteiger partial charge in [0, 0.05) is 11.2 Å². The number of aryl methyl sites for hydroxylation is 1. The largest absolute Gasteiger partial charge is 0.487 e. The maximum atomic E-state index is 11.3. The van der Waals surface area contributed by atoms with Crippen LogP contribution in [-0.2, 0) is 0 Å². The monoisotopic (exact) mass is 318 g/mol. The first-order valence-electron chi connectivity index (χ1n) is 6.90. The number of pyridine rings is 1. The summed E-state index contributed by atoms with van der Waals surface area (Å²) in [7, 11) is 0. The smallest absolute Gasteiger partial charge is 0.339 e. The Morgan fingerprint density at radius 1 is 1.36 bits per heavy atom. The maximum Gasteiger partial charge on any atom is 0.339 e. The number of carbonyl (C=O) groups is 1. The Kier molecular flexibility index (Phi) is 3.90. The van der Waals surface area contributed by atoms with Gasteiger partial charge in [-0.05, 0) is 42.8 Å². The van der Waals surface area contributed by atoms with E-state index in [2.05, 4.69) is 4.98 Å². The summed E-state index contributed by atoms with van der Waals surface area (Å²) in [5.41, 5.74) is 1.06. The van der Waals surface area contributed by atoms with Gasteiger partial charge in [-0.2, -0.15) is 0 Å². The molecule has 22 heavy (non-hydrogen) atoms. The number of hydrogen-bond donors (Lipinski definition) is 1. The summed E-state index contributed by atoms with van der Waals surface area (Å²) in [5.74, 6) is 0.284. The predicted molar refractivity (Wildman–Crippen MR) is 84.0 cm³/mol. The van der Waals surface area contributed by atoms with Crippen LogP contribution in [0, 0.1) is 6.92 Å². The van der Waals surface area contributed by atoms with Crippen LogP contribution in [0.4, 0.5) is 5.82 Å². The molecule has 1 aliphatic rings. The molecule has 1 fully saturated rings. The summed E-state index contributed by atoms with van der Waals surface area (Å²) in [6.07, 6.45) is 1.70. The van der Waals surface area contributed by atoms with E-state index in [4.69, 9.17) is 16.3 Å². The number of hydrogen-bond acceptors (Lipinski definition) is 4. The van der Waals surface area contributed by atoms with Gasteiger partial charge in [-0.15, -0.1) is 0 Å². The van der Waals surface area contributed by atoms with E-state index in [1.807, 2.05) is 24.0 Å². The van der Waals surface area contributed by atoms with E-state index in [9.17, 15) is 9.90 Å². The molecule has 0 aliphatic carbocycles. The van der Waals surface area contributed by atoms with E-state index in [0.29, 0.717) is 23.9 Å². The fraction of sp³-hybridized carbons (Fsp3) is 0.250. The fourth-order valence-electron chi connectivity index (χ4n) is 2.36. The molecule has 2 aromatic rings. The lowest BCUT2D eigenvalue weighted by atomic mass is 10.1. The number of aromatic carboxylic acids is 1. The average Bonchev–Trinajstić information content (AvgIpc) is 2.45. The molecule has 0 spiro atoms. The van der Waals surface area contributed by atoms with E-state index >= 15 is 0 Å². The van der Waals surface area contributed by atoms with Gasteiger partial charge in [-0.3, -0.25) is 0 Å². The minimum absolute atomic E-state index is 0.0194. The van der Waals surface area contributed by atoms with E-state index in [-0.39, 0.29) is 11.7 Å². The van der Waals surface area contributed by atoms with Gasteiger partial charge in [0.1, 0.15) is 23.2 Å². The second kappa shape index (κ2) is 5.85. The van der Waals surface area contributed by atoms with E-state index in [1.165, 1.54) is 0 Å². The molecule has 1 aromatic heterocycles. The van der Waals surface area contributed by atoms with E-state index in [0.717, 1.165) is 11.3 Å². The minimum Gasteiger partial charge on any atom is -0.487 e. The van der Waals surface area contributed by atoms with Crippen molar-refractivity contribution >= 4 is 23.4 Å². The summed E-state index contributed by atoms with van der Waals surface area (Å²) in [6.45, 7) is 3.05. The Balaban J connectivity index is 1.66. The third-order valence-corrected chi connectivity index (χ3v) is 3.75. The molecule has 5 nitrogen and oxygen atoms in total. The first kappa shape index (κ1) is 14.7. The SMILES string of the molecule is Cc1cnc(N2CC(Oc3ccc(Cl)cc3)C2)c(C(=O)O)c1. The molecule has 1 saturated heterocycles. The van der Waals surface area contributed by atoms with Crippen LogP contribution in [-0.4, -0.2) is 35.3 Å². The highest BCUT2D eigenvalue weighted by Crippen LogP contribution is 2.26. The highest BCUT2D eigenvalue weighted by atomic mass is 35.5. The molecule has 0 saturated carbocycles. The molecule has 6 heteroatoms. The summed E-state index contributed by atoms with van der Waals surface area (Å²) >= 11 is 5.83. The van der Waals surface area contributed by atoms with Gasteiger partial charge < -0.3 is 14.7 Å². The first-order chi connectivity index (χ1) is 10.5. The van der Waals surface area contributed by atoms with Crippen LogP contribution in [0.15, 0.2) is 36.5 Å². The van der Waals surface area contributed by atoms with Gasteiger partial charge in [0.2, 0.25) is 0 Å². The number of anilines is 1. The lowest BCUT2D eigenvalue weighted by molar-refractivity contribution is 0.0695. The van der Waals surface area contributed by atoms with Crippen LogP contribution in [0.25, 0.3) is 0 Å². The molecule has 0 unspecified atom stereocenters. The zero-order chi connectivity index (χ0) is 15.7. The molecule has 114 valence electrons. The number of carboxylic acid groups (broad SMARTS) is 1. The van der Waals surface area contributed by atoms with Crippen LogP contribution >= 0.6 is 11.6 Å². The van der Waals surface area contributed by atoms with Gasteiger partial charge in [0.25, 0.3) is 0 Å². The Bertz CT molecular complexity index is 697. The number of rotatable bonds is 4. The van der Waals surface area contributed by atoms with Crippen molar-refractivity contribution < 1.29 is 14.6 Å². The fourth-order valence-corrected chi connectivity index (χ4v) is 2.49. The normalized spacial score (nSPS) is 14.5. The zero-order valence-corrected chi connectivity index (χ0v) is 12.7. The van der Waals surface area contributed by atoms with Crippen molar-refractivity contribution in [3.63, 3.8) is 0 Å². The van der Waals surface area contributed by atoms with Gasteiger partial charge >= 0.3 is 5.97 Å². The van der Waals surface area contributed by atoms with E-state index < -0.39 is 5.97 Å². The maximum absolute atomic E-state index is 11.3. The predicted octanol–water partition coefficient (Wildman–Crippen LogP) is 3.01. The lowest BCUT2D eigenvalue weighted by Crippen LogP contribution is -2.54. The van der Waals surface area contributed by atoms with Gasteiger partial charge in [0.05, 0.1) is 13.1 Å². The first-order valence-corrected chi connectivity index (χ1v) is 7.28. The molecule has 0 bridgehead atoms. The number of ether oxygens (including phenoxy) is 1. The molecule has 1 aliphatic heterocycles. The van der Waals surface area contributed by atoms with Gasteiger partial charge in [0.15, 0.2) is 0 Å². The van der Waals surface area contributed by atoms with E-state index in [1.54, 1.807) is 24.4 Å². The molecule has 3 rings (SSSR count). The van der Waals surface area contributed by atoms with Crippen LogP contribution in [0.1, 0.15) is 15.9 Å². The lowest BCUT2D eigenvalue weighted by Gasteiger charge is -2.40. The third kappa shape index (κ3) is 2.99. The number of halogens is 1. The highest BCUT2D eigenvalue weighted by Gasteiger charge is 2.32. The molecule has 0 atom stereocenters. The summed E-state index contributed by atoms with van der Waals surface area (Å²) in [4.78, 5) is 17.5. The van der Waals surface area contributed by atoms with Crippen LogP contribution in [0.5, 0.6) is 5.75 Å². The Hall–Kier alpha value is -2.27. The van der Waals surface area contributed by atoms with Crippen LogP contribution in [0.2, 0.25) is 5.02 Å². The second-order valence-corrected chi connectivity index (χ2v) is 5.72. The Morgan fingerprint density at radius 3 is 2.68 bits per heavy atom. The number of carboxylic acids is 1. The molecule has 0 amide bonds. The average molecular weight is 319 g/mol. The van der Waals surface area contributed by atoms with Gasteiger partial charge in [-0.1, -0.05) is 11.6 Å². The Morgan fingerprint density at radius 2 is 2.05 bits per heavy atom. The van der Waals surface area contributed by atoms with Crippen molar-refractivity contribution in [1.82, 2.24) is 4.98 Å².